The highest BCUT2D eigenvalue weighted by atomic mass is 16.5. The quantitative estimate of drug-likeness (QED) is 0.476. The molecule has 34 heavy (non-hydrogen) atoms. The van der Waals surface area contributed by atoms with E-state index in [1.807, 2.05) is 61.6 Å². The lowest BCUT2D eigenvalue weighted by Crippen LogP contribution is -2.47. The van der Waals surface area contributed by atoms with E-state index in [1.165, 1.54) is 4.90 Å². The predicted octanol–water partition coefficient (Wildman–Crippen LogP) is 4.11. The van der Waals surface area contributed by atoms with Gasteiger partial charge < -0.3 is 14.6 Å². The molecule has 0 spiro atoms. The third-order valence-electron chi connectivity index (χ3n) is 6.13. The minimum Gasteiger partial charge on any atom is -0.479 e. The van der Waals surface area contributed by atoms with Crippen LogP contribution in [0.3, 0.4) is 0 Å². The van der Waals surface area contributed by atoms with Crippen LogP contribution < -0.4 is 15.0 Å². The van der Waals surface area contributed by atoms with E-state index in [0.717, 1.165) is 35.3 Å². The number of hydrogen-bond acceptors (Lipinski definition) is 4. The molecule has 0 aliphatic carbocycles. The number of rotatable bonds is 6. The highest BCUT2D eigenvalue weighted by molar-refractivity contribution is 6.06. The summed E-state index contributed by atoms with van der Waals surface area (Å²) in [6, 6.07) is 23.2. The summed E-state index contributed by atoms with van der Waals surface area (Å²) in [7, 11) is 2.04. The van der Waals surface area contributed by atoms with Gasteiger partial charge in [-0.1, -0.05) is 36.4 Å². The first kappa shape index (κ1) is 21.7. The average Bonchev–Trinajstić information content (AvgIpc) is 3.17. The van der Waals surface area contributed by atoms with Gasteiger partial charge >= 0.3 is 0 Å². The summed E-state index contributed by atoms with van der Waals surface area (Å²) in [6.45, 7) is 1.62. The van der Waals surface area contributed by atoms with Crippen molar-refractivity contribution in [2.45, 2.75) is 25.9 Å². The fourth-order valence-electron chi connectivity index (χ4n) is 4.30. The van der Waals surface area contributed by atoms with Crippen molar-refractivity contribution < 1.29 is 14.3 Å². The molecule has 0 saturated carbocycles. The lowest BCUT2D eigenvalue weighted by molar-refractivity contribution is -0.127. The topological polar surface area (TPSA) is 76.5 Å². The number of carbonyl (C=O) groups is 2. The van der Waals surface area contributed by atoms with Gasteiger partial charge in [0.25, 0.3) is 5.91 Å². The van der Waals surface area contributed by atoms with Crippen LogP contribution >= 0.6 is 0 Å². The van der Waals surface area contributed by atoms with Crippen LogP contribution in [-0.2, 0) is 29.5 Å². The van der Waals surface area contributed by atoms with Gasteiger partial charge in [0, 0.05) is 19.2 Å². The summed E-state index contributed by atoms with van der Waals surface area (Å²) >= 11 is 0. The van der Waals surface area contributed by atoms with Crippen LogP contribution in [0.2, 0.25) is 0 Å². The van der Waals surface area contributed by atoms with E-state index in [1.54, 1.807) is 19.1 Å². The first-order chi connectivity index (χ1) is 16.5. The van der Waals surface area contributed by atoms with Crippen molar-refractivity contribution in [1.82, 2.24) is 9.55 Å². The van der Waals surface area contributed by atoms with Crippen molar-refractivity contribution in [2.75, 3.05) is 16.8 Å². The van der Waals surface area contributed by atoms with Crippen LogP contribution in [0, 0.1) is 0 Å². The van der Waals surface area contributed by atoms with Crippen molar-refractivity contribution >= 4 is 34.2 Å². The number of nitrogens with zero attached hydrogens (tertiary/aromatic N) is 3. The van der Waals surface area contributed by atoms with Gasteiger partial charge in [0.15, 0.2) is 6.10 Å². The van der Waals surface area contributed by atoms with Crippen molar-refractivity contribution in [1.29, 1.82) is 0 Å². The Balaban J connectivity index is 1.21. The van der Waals surface area contributed by atoms with Gasteiger partial charge in [-0.15, -0.1) is 0 Å². The Morgan fingerprint density at radius 2 is 1.74 bits per heavy atom. The number of nitrogens with one attached hydrogen (secondary N) is 1. The van der Waals surface area contributed by atoms with E-state index in [-0.39, 0.29) is 18.4 Å². The summed E-state index contributed by atoms with van der Waals surface area (Å²) in [5.74, 6) is 1.16. The third-order valence-corrected chi connectivity index (χ3v) is 6.13. The fourth-order valence-corrected chi connectivity index (χ4v) is 4.30. The number of imidazole rings is 1. The molecule has 0 bridgehead atoms. The molecular weight excluding hydrogens is 428 g/mol. The number of para-hydroxylation sites is 4. The SMILES string of the molecule is C[C@H]1Oc2ccccc2N(CC(=O)Nc2ccc(CCc3nc4ccccc4n3C)cc2)C1=O. The molecule has 7 nitrogen and oxygen atoms in total. The molecule has 1 atom stereocenters. The molecule has 172 valence electrons. The van der Waals surface area contributed by atoms with Crippen LogP contribution in [0.25, 0.3) is 11.0 Å². The molecule has 2 heterocycles. The molecule has 0 radical (unpaired) electrons. The summed E-state index contributed by atoms with van der Waals surface area (Å²) in [5, 5.41) is 2.89. The molecule has 0 fully saturated rings. The van der Waals surface area contributed by atoms with Crippen molar-refractivity contribution in [2.24, 2.45) is 7.05 Å². The first-order valence-electron chi connectivity index (χ1n) is 11.4. The van der Waals surface area contributed by atoms with Crippen LogP contribution in [0.1, 0.15) is 18.3 Å². The van der Waals surface area contributed by atoms with Crippen LogP contribution in [0.5, 0.6) is 5.75 Å². The van der Waals surface area contributed by atoms with E-state index in [4.69, 9.17) is 9.72 Å². The number of ether oxygens (including phenoxy) is 1. The van der Waals surface area contributed by atoms with Gasteiger partial charge in [0.1, 0.15) is 18.1 Å². The molecule has 3 aromatic carbocycles. The highest BCUT2D eigenvalue weighted by Gasteiger charge is 2.32. The normalized spacial score (nSPS) is 15.2. The number of anilines is 2. The van der Waals surface area contributed by atoms with Gasteiger partial charge in [-0.05, 0) is 55.3 Å². The Bertz CT molecular complexity index is 1360. The van der Waals surface area contributed by atoms with Crippen LogP contribution in [0.15, 0.2) is 72.8 Å². The minimum atomic E-state index is -0.627. The minimum absolute atomic E-state index is 0.0714. The Morgan fingerprint density at radius 3 is 2.53 bits per heavy atom. The third kappa shape index (κ3) is 4.24. The first-order valence-corrected chi connectivity index (χ1v) is 11.4. The van der Waals surface area contributed by atoms with E-state index in [9.17, 15) is 9.59 Å². The number of benzene rings is 3. The van der Waals surface area contributed by atoms with Gasteiger partial charge in [0.2, 0.25) is 5.91 Å². The molecule has 1 aliphatic rings. The van der Waals surface area contributed by atoms with Gasteiger partial charge in [-0.3, -0.25) is 14.5 Å². The molecule has 1 aliphatic heterocycles. The van der Waals surface area contributed by atoms with Crippen LogP contribution in [-0.4, -0.2) is 34.0 Å². The molecule has 2 amide bonds. The maximum absolute atomic E-state index is 12.7. The zero-order valence-corrected chi connectivity index (χ0v) is 19.2. The Labute approximate surface area is 198 Å². The molecule has 7 heteroatoms. The lowest BCUT2D eigenvalue weighted by atomic mass is 10.1. The van der Waals surface area contributed by atoms with E-state index in [0.29, 0.717) is 17.1 Å². The highest BCUT2D eigenvalue weighted by Crippen LogP contribution is 2.33. The van der Waals surface area contributed by atoms with E-state index < -0.39 is 6.10 Å². The second kappa shape index (κ2) is 9.02. The molecule has 0 unspecified atom stereocenters. The van der Waals surface area contributed by atoms with E-state index in [2.05, 4.69) is 16.0 Å². The number of amides is 2. The Morgan fingerprint density at radius 1 is 1.00 bits per heavy atom. The van der Waals surface area contributed by atoms with E-state index >= 15 is 0 Å². The number of carbonyl (C=O) groups excluding carboxylic acids is 2. The maximum atomic E-state index is 12.7. The zero-order chi connectivity index (χ0) is 23.7. The molecule has 1 N–H and O–H groups in total. The van der Waals surface area contributed by atoms with Crippen molar-refractivity contribution in [3.05, 3.63) is 84.2 Å². The summed E-state index contributed by atoms with van der Waals surface area (Å²) < 4.78 is 7.77. The summed E-state index contributed by atoms with van der Waals surface area (Å²) in [4.78, 5) is 31.5. The summed E-state index contributed by atoms with van der Waals surface area (Å²) in [5.41, 5.74) is 4.60. The molecule has 5 rings (SSSR count). The summed E-state index contributed by atoms with van der Waals surface area (Å²) in [6.07, 6.45) is 1.05. The second-order valence-corrected chi connectivity index (χ2v) is 8.47. The smallest absolute Gasteiger partial charge is 0.268 e. The Kier molecular flexibility index (Phi) is 5.76. The van der Waals surface area contributed by atoms with Gasteiger partial charge in [0.05, 0.1) is 16.7 Å². The van der Waals surface area contributed by atoms with Crippen molar-refractivity contribution in [3.63, 3.8) is 0 Å². The van der Waals surface area contributed by atoms with Crippen LogP contribution in [0.4, 0.5) is 11.4 Å². The number of hydrogen-bond donors (Lipinski definition) is 1. The lowest BCUT2D eigenvalue weighted by Gasteiger charge is -2.32. The Hall–Kier alpha value is -4.13. The maximum Gasteiger partial charge on any atom is 0.268 e. The largest absolute Gasteiger partial charge is 0.479 e. The molecular formula is C27H26N4O3. The fraction of sp³-hybridized carbons (Fsp3) is 0.222. The molecule has 0 saturated heterocycles. The monoisotopic (exact) mass is 454 g/mol. The average molecular weight is 455 g/mol. The van der Waals surface area contributed by atoms with Crippen molar-refractivity contribution in [3.8, 4) is 5.75 Å². The number of aryl methyl sites for hydroxylation is 3. The predicted molar refractivity (Wildman–Crippen MR) is 132 cm³/mol. The standard InChI is InChI=1S/C27H26N4O3/c1-18-27(33)31(23-9-5-6-10-24(23)34-18)17-26(32)28-20-14-11-19(12-15-20)13-16-25-29-21-7-3-4-8-22(21)30(25)2/h3-12,14-15,18H,13,16-17H2,1-2H3,(H,28,32)/t18-/m1/s1. The second-order valence-electron chi connectivity index (χ2n) is 8.47. The van der Waals surface area contributed by atoms with Gasteiger partial charge in [-0.25, -0.2) is 4.98 Å². The molecule has 4 aromatic rings. The molecule has 1 aromatic heterocycles. The van der Waals surface area contributed by atoms with Gasteiger partial charge in [-0.2, -0.15) is 0 Å². The number of fused-ring (bicyclic) bond motifs is 2. The zero-order valence-electron chi connectivity index (χ0n) is 19.2. The number of aromatic nitrogens is 2.